The molecular formula is C23H27F2NO5. The average molecular weight is 435 g/mol. The molecule has 4 atom stereocenters. The lowest BCUT2D eigenvalue weighted by atomic mass is 9.78. The first-order valence-electron chi connectivity index (χ1n) is 10.1. The van der Waals surface area contributed by atoms with E-state index in [2.05, 4.69) is 5.32 Å². The van der Waals surface area contributed by atoms with Crippen LogP contribution in [-0.2, 0) is 27.5 Å². The minimum Gasteiger partial charge on any atom is -0.390 e. The van der Waals surface area contributed by atoms with Crippen molar-refractivity contribution in [2.45, 2.75) is 56.9 Å². The molecule has 1 unspecified atom stereocenters. The summed E-state index contributed by atoms with van der Waals surface area (Å²) in [5, 5.41) is 23.4. The van der Waals surface area contributed by atoms with E-state index in [1.165, 1.54) is 19.2 Å². The monoisotopic (exact) mass is 435 g/mol. The van der Waals surface area contributed by atoms with Gasteiger partial charge in [-0.25, -0.2) is 8.78 Å². The number of aliphatic hydroxyl groups excluding tert-OH is 2. The molecule has 1 saturated carbocycles. The van der Waals surface area contributed by atoms with E-state index in [4.69, 9.17) is 9.47 Å². The number of aryl methyl sites for hydroxylation is 1. The molecule has 1 aliphatic rings. The number of halogens is 2. The third kappa shape index (κ3) is 5.27. The summed E-state index contributed by atoms with van der Waals surface area (Å²) in [6, 6.07) is 11.3. The Balaban J connectivity index is 1.78. The van der Waals surface area contributed by atoms with Gasteiger partial charge in [0, 0.05) is 25.5 Å². The summed E-state index contributed by atoms with van der Waals surface area (Å²) in [6.45, 7) is 1.72. The first-order chi connectivity index (χ1) is 14.8. The van der Waals surface area contributed by atoms with E-state index in [9.17, 15) is 23.8 Å². The number of carbonyl (C=O) groups is 1. The van der Waals surface area contributed by atoms with Crippen molar-refractivity contribution in [2.24, 2.45) is 0 Å². The Morgan fingerprint density at radius 1 is 1.16 bits per heavy atom. The second-order valence-electron chi connectivity index (χ2n) is 7.88. The largest absolute Gasteiger partial charge is 0.390 e. The van der Waals surface area contributed by atoms with Crippen LogP contribution in [0.15, 0.2) is 42.5 Å². The lowest BCUT2D eigenvalue weighted by Crippen LogP contribution is -2.60. The molecule has 3 N–H and O–H groups in total. The lowest BCUT2D eigenvalue weighted by molar-refractivity contribution is -0.200. The van der Waals surface area contributed by atoms with Crippen LogP contribution in [0.2, 0.25) is 0 Å². The van der Waals surface area contributed by atoms with E-state index in [0.29, 0.717) is 0 Å². The van der Waals surface area contributed by atoms with Gasteiger partial charge in [-0.3, -0.25) is 4.79 Å². The zero-order chi connectivity index (χ0) is 22.6. The second-order valence-corrected chi connectivity index (χ2v) is 7.88. The predicted octanol–water partition coefficient (Wildman–Crippen LogP) is 2.38. The molecule has 2 aromatic rings. The van der Waals surface area contributed by atoms with Crippen LogP contribution in [0.25, 0.3) is 0 Å². The molecule has 0 aromatic heterocycles. The van der Waals surface area contributed by atoms with Crippen molar-refractivity contribution in [2.75, 3.05) is 7.05 Å². The third-order valence-corrected chi connectivity index (χ3v) is 5.57. The highest BCUT2D eigenvalue weighted by atomic mass is 19.2. The van der Waals surface area contributed by atoms with Crippen LogP contribution < -0.4 is 5.32 Å². The maximum Gasteiger partial charge on any atom is 0.252 e. The van der Waals surface area contributed by atoms with Gasteiger partial charge in [-0.15, -0.1) is 0 Å². The minimum atomic E-state index is -1.46. The number of rotatable bonds is 7. The summed E-state index contributed by atoms with van der Waals surface area (Å²) in [6.07, 6.45) is -3.83. The Morgan fingerprint density at radius 2 is 1.90 bits per heavy atom. The number of hydrogen-bond acceptors (Lipinski definition) is 5. The maximum absolute atomic E-state index is 13.9. The smallest absolute Gasteiger partial charge is 0.252 e. The molecule has 6 nitrogen and oxygen atoms in total. The average Bonchev–Trinajstić information content (AvgIpc) is 2.75. The molecule has 2 aromatic carbocycles. The quantitative estimate of drug-likeness (QED) is 0.622. The zero-order valence-corrected chi connectivity index (χ0v) is 17.5. The predicted molar refractivity (Wildman–Crippen MR) is 109 cm³/mol. The van der Waals surface area contributed by atoms with Gasteiger partial charge in [-0.2, -0.15) is 0 Å². The molecule has 0 heterocycles. The molecule has 1 fully saturated rings. The molecular weight excluding hydrogens is 408 g/mol. The molecule has 0 bridgehead atoms. The van der Waals surface area contributed by atoms with Crippen LogP contribution in [0.4, 0.5) is 8.78 Å². The first-order valence-corrected chi connectivity index (χ1v) is 10.1. The number of amides is 1. The molecule has 0 aliphatic heterocycles. The van der Waals surface area contributed by atoms with Gasteiger partial charge in [0.15, 0.2) is 17.2 Å². The molecule has 168 valence electrons. The Kier molecular flexibility index (Phi) is 7.38. The van der Waals surface area contributed by atoms with E-state index in [1.54, 1.807) is 0 Å². The Hall–Kier alpha value is -2.39. The summed E-state index contributed by atoms with van der Waals surface area (Å²) in [7, 11) is 1.45. The standard InChI is InChI=1S/C23H27F2NO5/c1-14-5-3-6-15(9-14)12-31-23(22(29)26-2)10-18(27)21(28)19(11-23)30-13-16-7-4-8-17(24)20(16)25/h3-9,18-19,21,27-28H,10-13H2,1-2H3,(H,26,29)/t18-,19?,21-,23+/m1/s1. The van der Waals surface area contributed by atoms with Crippen LogP contribution in [0, 0.1) is 18.6 Å². The fourth-order valence-corrected chi connectivity index (χ4v) is 3.87. The van der Waals surface area contributed by atoms with Crippen molar-refractivity contribution < 1.29 is 33.3 Å². The highest BCUT2D eigenvalue weighted by Gasteiger charge is 2.51. The number of likely N-dealkylation sites (N-methyl/N-ethyl adjacent to an activating group) is 1. The fourth-order valence-electron chi connectivity index (χ4n) is 3.87. The van der Waals surface area contributed by atoms with E-state index in [1.807, 2.05) is 31.2 Å². The van der Waals surface area contributed by atoms with Crippen molar-refractivity contribution in [3.05, 3.63) is 70.8 Å². The Bertz CT molecular complexity index is 925. The number of hydrogen-bond donors (Lipinski definition) is 3. The maximum atomic E-state index is 13.9. The zero-order valence-electron chi connectivity index (χ0n) is 17.5. The van der Waals surface area contributed by atoms with Crippen LogP contribution in [0.1, 0.15) is 29.5 Å². The number of aliphatic hydroxyl groups is 2. The molecule has 31 heavy (non-hydrogen) atoms. The van der Waals surface area contributed by atoms with Gasteiger partial charge in [-0.05, 0) is 18.6 Å². The van der Waals surface area contributed by atoms with Crippen LogP contribution >= 0.6 is 0 Å². The van der Waals surface area contributed by atoms with Crippen molar-refractivity contribution in [3.63, 3.8) is 0 Å². The van der Waals surface area contributed by atoms with Gasteiger partial charge in [0.1, 0.15) is 6.10 Å². The highest BCUT2D eigenvalue weighted by molar-refractivity contribution is 5.85. The summed E-state index contributed by atoms with van der Waals surface area (Å²) in [4.78, 5) is 12.8. The van der Waals surface area contributed by atoms with Crippen LogP contribution in [0.3, 0.4) is 0 Å². The molecule has 0 spiro atoms. The highest BCUT2D eigenvalue weighted by Crippen LogP contribution is 2.35. The van der Waals surface area contributed by atoms with E-state index in [0.717, 1.165) is 17.2 Å². The van der Waals surface area contributed by atoms with Crippen molar-refractivity contribution >= 4 is 5.91 Å². The number of nitrogens with one attached hydrogen (secondary N) is 1. The second kappa shape index (κ2) is 9.82. The molecule has 0 saturated heterocycles. The third-order valence-electron chi connectivity index (χ3n) is 5.57. The summed E-state index contributed by atoms with van der Waals surface area (Å²) >= 11 is 0. The van der Waals surface area contributed by atoms with E-state index >= 15 is 0 Å². The Morgan fingerprint density at radius 3 is 2.61 bits per heavy atom. The Labute approximate surface area is 179 Å². The number of carbonyl (C=O) groups excluding carboxylic acids is 1. The van der Waals surface area contributed by atoms with Crippen LogP contribution in [-0.4, -0.2) is 47.1 Å². The first kappa shape index (κ1) is 23.3. The molecule has 1 amide bonds. The molecule has 8 heteroatoms. The van der Waals surface area contributed by atoms with Gasteiger partial charge in [-0.1, -0.05) is 42.0 Å². The summed E-state index contributed by atoms with van der Waals surface area (Å²) in [5.41, 5.74) is 0.400. The van der Waals surface area contributed by atoms with Gasteiger partial charge in [0.05, 0.1) is 25.4 Å². The van der Waals surface area contributed by atoms with Gasteiger partial charge >= 0.3 is 0 Å². The van der Waals surface area contributed by atoms with Gasteiger partial charge in [0.2, 0.25) is 0 Å². The SMILES string of the molecule is CNC(=O)[C@@]1(OCc2cccc(C)c2)CC(OCc2cccc(F)c2F)[C@H](O)[C@H](O)C1. The van der Waals surface area contributed by atoms with E-state index < -0.39 is 41.5 Å². The molecule has 0 radical (unpaired) electrons. The van der Waals surface area contributed by atoms with Gasteiger partial charge < -0.3 is 25.0 Å². The normalized spacial score (nSPS) is 25.9. The lowest BCUT2D eigenvalue weighted by Gasteiger charge is -2.43. The fraction of sp³-hybridized carbons (Fsp3) is 0.435. The minimum absolute atomic E-state index is 0.0292. The molecule has 3 rings (SSSR count). The van der Waals surface area contributed by atoms with Gasteiger partial charge in [0.25, 0.3) is 5.91 Å². The number of ether oxygens (including phenoxy) is 2. The van der Waals surface area contributed by atoms with Crippen LogP contribution in [0.5, 0.6) is 0 Å². The van der Waals surface area contributed by atoms with Crippen molar-refractivity contribution in [1.29, 1.82) is 0 Å². The topological polar surface area (TPSA) is 88.0 Å². The van der Waals surface area contributed by atoms with Crippen molar-refractivity contribution in [3.8, 4) is 0 Å². The van der Waals surface area contributed by atoms with Crippen molar-refractivity contribution in [1.82, 2.24) is 5.32 Å². The summed E-state index contributed by atoms with van der Waals surface area (Å²) < 4.78 is 39.0. The number of benzene rings is 2. The van der Waals surface area contributed by atoms with E-state index in [-0.39, 0.29) is 31.6 Å². The molecule has 1 aliphatic carbocycles. The summed E-state index contributed by atoms with van der Waals surface area (Å²) in [5.74, 6) is -2.51.